The molecule has 1 N–H and O–H groups in total. The van der Waals surface area contributed by atoms with Crippen molar-refractivity contribution in [2.75, 3.05) is 19.7 Å². The van der Waals surface area contributed by atoms with Crippen LogP contribution in [0.25, 0.3) is 0 Å². The molecule has 3 heteroatoms. The highest BCUT2D eigenvalue weighted by Crippen LogP contribution is 2.35. The fourth-order valence-corrected chi connectivity index (χ4v) is 2.03. The highest BCUT2D eigenvalue weighted by molar-refractivity contribution is 4.96. The molecule has 2 nitrogen and oxygen atoms in total. The molecule has 2 saturated heterocycles. The molecule has 64 valence electrons. The Balaban J connectivity index is 2.07. The second-order valence-corrected chi connectivity index (χ2v) is 3.44. The maximum absolute atomic E-state index is 13.4. The fourth-order valence-electron chi connectivity index (χ4n) is 2.03. The van der Waals surface area contributed by atoms with Gasteiger partial charge in [-0.25, -0.2) is 4.39 Å². The number of nitrogens with one attached hydrogen (secondary N) is 1. The van der Waals surface area contributed by atoms with Gasteiger partial charge in [0.05, 0.1) is 0 Å². The number of piperidine rings is 1. The first kappa shape index (κ1) is 7.50. The van der Waals surface area contributed by atoms with Gasteiger partial charge in [0.25, 0.3) is 0 Å². The van der Waals surface area contributed by atoms with Crippen molar-refractivity contribution in [2.24, 2.45) is 0 Å². The summed E-state index contributed by atoms with van der Waals surface area (Å²) < 4.78 is 18.8. The molecule has 2 unspecified atom stereocenters. The van der Waals surface area contributed by atoms with E-state index in [1.165, 1.54) is 0 Å². The van der Waals surface area contributed by atoms with Crippen LogP contribution in [0.15, 0.2) is 0 Å². The molecule has 2 heterocycles. The smallest absolute Gasteiger partial charge is 0.141 e. The van der Waals surface area contributed by atoms with Crippen molar-refractivity contribution < 1.29 is 9.13 Å². The zero-order valence-electron chi connectivity index (χ0n) is 6.61. The molecule has 1 spiro atoms. The van der Waals surface area contributed by atoms with E-state index in [9.17, 15) is 4.39 Å². The molecule has 2 aliphatic heterocycles. The molecule has 2 rings (SSSR count). The molecule has 0 radical (unpaired) electrons. The zero-order chi connectivity index (χ0) is 7.73. The van der Waals surface area contributed by atoms with Crippen LogP contribution >= 0.6 is 0 Å². The van der Waals surface area contributed by atoms with E-state index >= 15 is 0 Å². The van der Waals surface area contributed by atoms with Crippen LogP contribution in [0.5, 0.6) is 0 Å². The first-order valence-electron chi connectivity index (χ1n) is 4.32. The van der Waals surface area contributed by atoms with Crippen molar-refractivity contribution in [3.05, 3.63) is 0 Å². The van der Waals surface area contributed by atoms with Gasteiger partial charge in [-0.3, -0.25) is 0 Å². The van der Waals surface area contributed by atoms with Crippen LogP contribution in [0.2, 0.25) is 0 Å². The van der Waals surface area contributed by atoms with E-state index in [4.69, 9.17) is 4.74 Å². The van der Waals surface area contributed by atoms with Crippen molar-refractivity contribution in [2.45, 2.75) is 31.0 Å². The summed E-state index contributed by atoms with van der Waals surface area (Å²) in [5, 5.41) is 3.03. The second kappa shape index (κ2) is 2.72. The summed E-state index contributed by atoms with van der Waals surface area (Å²) in [5.41, 5.74) is -0.398. The molecule has 2 aliphatic rings. The summed E-state index contributed by atoms with van der Waals surface area (Å²) >= 11 is 0. The molecular weight excluding hydrogens is 145 g/mol. The average Bonchev–Trinajstić information content (AvgIpc) is 2.46. The topological polar surface area (TPSA) is 21.3 Å². The monoisotopic (exact) mass is 159 g/mol. The van der Waals surface area contributed by atoms with Crippen LogP contribution in [-0.4, -0.2) is 31.5 Å². The van der Waals surface area contributed by atoms with E-state index in [1.54, 1.807) is 0 Å². The van der Waals surface area contributed by atoms with Crippen LogP contribution in [0.4, 0.5) is 4.39 Å². The van der Waals surface area contributed by atoms with E-state index in [1.807, 2.05) is 0 Å². The van der Waals surface area contributed by atoms with E-state index < -0.39 is 11.8 Å². The molecule has 0 aliphatic carbocycles. The minimum absolute atomic E-state index is 0.398. The highest BCUT2D eigenvalue weighted by Gasteiger charge is 2.44. The largest absolute Gasteiger partial charge is 0.372 e. The van der Waals surface area contributed by atoms with Gasteiger partial charge in [0.1, 0.15) is 11.8 Å². The molecule has 0 aromatic carbocycles. The van der Waals surface area contributed by atoms with Crippen LogP contribution in [0, 0.1) is 0 Å². The number of alkyl halides is 1. The lowest BCUT2D eigenvalue weighted by molar-refractivity contribution is -0.0733. The summed E-state index contributed by atoms with van der Waals surface area (Å²) in [6.45, 7) is 2.13. The zero-order valence-corrected chi connectivity index (χ0v) is 6.61. The molecule has 0 saturated carbocycles. The normalized spacial score (nSPS) is 45.0. The standard InChI is InChI=1S/C8H14FNO/c9-7-6-10-4-3-8(7)2-1-5-11-8/h7,10H,1-6H2. The number of halogens is 1. The van der Waals surface area contributed by atoms with Crippen LogP contribution < -0.4 is 5.32 Å². The summed E-state index contributed by atoms with van der Waals surface area (Å²) in [5.74, 6) is 0. The Morgan fingerprint density at radius 3 is 3.00 bits per heavy atom. The van der Waals surface area contributed by atoms with Gasteiger partial charge in [0.15, 0.2) is 0 Å². The Morgan fingerprint density at radius 2 is 2.36 bits per heavy atom. The highest BCUT2D eigenvalue weighted by atomic mass is 19.1. The number of ether oxygens (including phenoxy) is 1. The van der Waals surface area contributed by atoms with Gasteiger partial charge in [-0.2, -0.15) is 0 Å². The first-order chi connectivity index (χ1) is 5.33. The number of hydrogen-bond donors (Lipinski definition) is 1. The third-order valence-corrected chi connectivity index (χ3v) is 2.75. The molecule has 11 heavy (non-hydrogen) atoms. The van der Waals surface area contributed by atoms with E-state index in [-0.39, 0.29) is 0 Å². The molecule has 0 bridgehead atoms. The van der Waals surface area contributed by atoms with Gasteiger partial charge >= 0.3 is 0 Å². The third-order valence-electron chi connectivity index (χ3n) is 2.75. The number of rotatable bonds is 0. The lowest BCUT2D eigenvalue weighted by atomic mass is 9.88. The SMILES string of the molecule is FC1CNCCC12CCCO2. The predicted octanol–water partition coefficient (Wildman–Crippen LogP) is 0.867. The molecule has 2 fully saturated rings. The van der Waals surface area contributed by atoms with Crippen molar-refractivity contribution in [3.8, 4) is 0 Å². The van der Waals surface area contributed by atoms with Gasteiger partial charge < -0.3 is 10.1 Å². The Hall–Kier alpha value is -0.150. The van der Waals surface area contributed by atoms with Gasteiger partial charge in [0, 0.05) is 13.2 Å². The fraction of sp³-hybridized carbons (Fsp3) is 1.00. The minimum Gasteiger partial charge on any atom is -0.372 e. The molecule has 0 aromatic heterocycles. The Labute approximate surface area is 66.1 Å². The Bertz CT molecular complexity index is 145. The Kier molecular flexibility index (Phi) is 1.85. The molecule has 2 atom stereocenters. The number of hydrogen-bond acceptors (Lipinski definition) is 2. The van der Waals surface area contributed by atoms with E-state index in [2.05, 4.69) is 5.32 Å². The predicted molar refractivity (Wildman–Crippen MR) is 40.3 cm³/mol. The summed E-state index contributed by atoms with van der Waals surface area (Å²) in [4.78, 5) is 0. The molecule has 0 aromatic rings. The minimum atomic E-state index is -0.793. The van der Waals surface area contributed by atoms with Gasteiger partial charge in [-0.1, -0.05) is 0 Å². The maximum Gasteiger partial charge on any atom is 0.141 e. The van der Waals surface area contributed by atoms with E-state index in [0.29, 0.717) is 6.54 Å². The lowest BCUT2D eigenvalue weighted by Gasteiger charge is -2.36. The maximum atomic E-state index is 13.4. The van der Waals surface area contributed by atoms with Gasteiger partial charge in [-0.15, -0.1) is 0 Å². The summed E-state index contributed by atoms with van der Waals surface area (Å²) in [6.07, 6.45) is 1.99. The van der Waals surface area contributed by atoms with Crippen molar-refractivity contribution in [3.63, 3.8) is 0 Å². The second-order valence-electron chi connectivity index (χ2n) is 3.44. The van der Waals surface area contributed by atoms with Crippen molar-refractivity contribution in [1.82, 2.24) is 5.32 Å². The quantitative estimate of drug-likeness (QED) is 0.566. The summed E-state index contributed by atoms with van der Waals surface area (Å²) in [7, 11) is 0. The first-order valence-corrected chi connectivity index (χ1v) is 4.32. The van der Waals surface area contributed by atoms with Gasteiger partial charge in [0.2, 0.25) is 0 Å². The third kappa shape index (κ3) is 1.16. The van der Waals surface area contributed by atoms with Gasteiger partial charge in [-0.05, 0) is 25.8 Å². The average molecular weight is 159 g/mol. The Morgan fingerprint density at radius 1 is 1.45 bits per heavy atom. The molecular formula is C8H14FNO. The lowest BCUT2D eigenvalue weighted by Crippen LogP contribution is -2.51. The van der Waals surface area contributed by atoms with Crippen molar-refractivity contribution >= 4 is 0 Å². The van der Waals surface area contributed by atoms with E-state index in [0.717, 1.165) is 32.4 Å². The van der Waals surface area contributed by atoms with Crippen LogP contribution in [0.1, 0.15) is 19.3 Å². The summed E-state index contributed by atoms with van der Waals surface area (Å²) in [6, 6.07) is 0. The van der Waals surface area contributed by atoms with Crippen LogP contribution in [0.3, 0.4) is 0 Å². The molecule has 0 amide bonds. The van der Waals surface area contributed by atoms with Crippen molar-refractivity contribution in [1.29, 1.82) is 0 Å². The van der Waals surface area contributed by atoms with Crippen LogP contribution in [-0.2, 0) is 4.74 Å².